The fourth-order valence-corrected chi connectivity index (χ4v) is 6.34. The second-order valence-electron chi connectivity index (χ2n) is 8.41. The summed E-state index contributed by atoms with van der Waals surface area (Å²) < 4.78 is 26.2. The molecule has 176 valence electrons. The molecule has 8 heteroatoms. The van der Waals surface area contributed by atoms with Gasteiger partial charge in [-0.2, -0.15) is 0 Å². The van der Waals surface area contributed by atoms with Crippen molar-refractivity contribution in [1.29, 1.82) is 0 Å². The molecule has 0 bridgehead atoms. The average Bonchev–Trinajstić information content (AvgIpc) is 3.22. The third-order valence-electron chi connectivity index (χ3n) is 5.46. The van der Waals surface area contributed by atoms with Crippen LogP contribution in [0.15, 0.2) is 66.9 Å². The normalized spacial score (nSPS) is 11.6. The van der Waals surface area contributed by atoms with E-state index in [1.165, 1.54) is 11.3 Å². The first kappa shape index (κ1) is 24.0. The van der Waals surface area contributed by atoms with Gasteiger partial charge in [-0.05, 0) is 55.2 Å². The monoisotopic (exact) mass is 493 g/mol. The number of rotatable bonds is 9. The van der Waals surface area contributed by atoms with Crippen LogP contribution < -0.4 is 4.90 Å². The van der Waals surface area contributed by atoms with Gasteiger partial charge in [-0.3, -0.25) is 14.7 Å². The molecule has 1 amide bonds. The van der Waals surface area contributed by atoms with Crippen molar-refractivity contribution >= 4 is 42.4 Å². The number of aryl methyl sites for hydroxylation is 2. The molecule has 0 saturated carbocycles. The van der Waals surface area contributed by atoms with Crippen LogP contribution in [0.2, 0.25) is 0 Å². The van der Waals surface area contributed by atoms with Gasteiger partial charge in [-0.25, -0.2) is 13.4 Å². The molecular weight excluding hydrogens is 466 g/mol. The highest BCUT2D eigenvalue weighted by molar-refractivity contribution is 7.90. The summed E-state index contributed by atoms with van der Waals surface area (Å²) in [6.45, 7) is 4.35. The van der Waals surface area contributed by atoms with E-state index in [0.29, 0.717) is 5.13 Å². The number of benzene rings is 2. The number of carbonyl (C=O) groups is 1. The van der Waals surface area contributed by atoms with E-state index in [9.17, 15) is 13.2 Å². The number of aromatic nitrogens is 2. The fourth-order valence-electron chi connectivity index (χ4n) is 3.88. The van der Waals surface area contributed by atoms with Gasteiger partial charge in [0.25, 0.3) is 0 Å². The van der Waals surface area contributed by atoms with E-state index in [1.54, 1.807) is 23.2 Å². The first-order valence-electron chi connectivity index (χ1n) is 11.1. The van der Waals surface area contributed by atoms with Crippen molar-refractivity contribution in [3.8, 4) is 0 Å². The van der Waals surface area contributed by atoms with E-state index in [0.717, 1.165) is 32.6 Å². The molecule has 0 fully saturated rings. The molecule has 0 atom stereocenters. The van der Waals surface area contributed by atoms with Crippen molar-refractivity contribution in [2.45, 2.75) is 39.0 Å². The van der Waals surface area contributed by atoms with Crippen molar-refractivity contribution in [3.05, 3.63) is 89.2 Å². The number of carbonyl (C=O) groups excluding carboxylic acids is 1. The first-order valence-corrected chi connectivity index (χ1v) is 13.8. The number of fused-ring (bicyclic) bond motifs is 1. The fraction of sp³-hybridized carbons (Fsp3) is 0.269. The minimum atomic E-state index is -3.31. The van der Waals surface area contributed by atoms with E-state index in [2.05, 4.69) is 11.1 Å². The number of amides is 1. The second kappa shape index (κ2) is 10.4. The molecule has 0 aliphatic carbocycles. The molecule has 6 nitrogen and oxygen atoms in total. The number of sulfone groups is 1. The van der Waals surface area contributed by atoms with Crippen molar-refractivity contribution in [3.63, 3.8) is 0 Å². The topological polar surface area (TPSA) is 80.2 Å². The molecule has 4 rings (SSSR count). The largest absolute Gasteiger partial charge is 0.282 e. The molecule has 2 aromatic heterocycles. The zero-order chi connectivity index (χ0) is 24.1. The molecule has 2 aromatic carbocycles. The van der Waals surface area contributed by atoms with E-state index >= 15 is 0 Å². The minimum absolute atomic E-state index is 0.0177. The van der Waals surface area contributed by atoms with Crippen molar-refractivity contribution in [1.82, 2.24) is 9.97 Å². The Hall–Kier alpha value is -3.10. The molecular formula is C26H27N3O3S2. The standard InChI is InChI=1S/C26H27N3O3S2/c1-19-15-20(2)25-23(16-19)28-26(33-25)29(17-22-11-6-7-13-27-22)24(30)12-8-14-34(31,32)18-21-9-4-3-5-10-21/h3-7,9-11,13,15-16H,8,12,14,17-18H2,1-2H3. The summed E-state index contributed by atoms with van der Waals surface area (Å²) in [5, 5.41) is 0.603. The van der Waals surface area contributed by atoms with Crippen LogP contribution in [0.5, 0.6) is 0 Å². The zero-order valence-electron chi connectivity index (χ0n) is 19.3. The minimum Gasteiger partial charge on any atom is -0.282 e. The number of hydrogen-bond donors (Lipinski definition) is 0. The Bertz CT molecular complexity index is 1390. The Kier molecular flexibility index (Phi) is 7.38. The number of hydrogen-bond acceptors (Lipinski definition) is 6. The van der Waals surface area contributed by atoms with Gasteiger partial charge >= 0.3 is 0 Å². The second-order valence-corrected chi connectivity index (χ2v) is 11.6. The first-order chi connectivity index (χ1) is 16.3. The summed E-state index contributed by atoms with van der Waals surface area (Å²) in [6.07, 6.45) is 2.07. The molecule has 0 aliphatic rings. The number of pyridine rings is 1. The average molecular weight is 494 g/mol. The van der Waals surface area contributed by atoms with Crippen LogP contribution in [0.1, 0.15) is 35.2 Å². The van der Waals surface area contributed by atoms with Crippen molar-refractivity contribution in [2.24, 2.45) is 0 Å². The smallest absolute Gasteiger partial charge is 0.229 e. The van der Waals surface area contributed by atoms with E-state index in [1.807, 2.05) is 56.3 Å². The molecule has 2 heterocycles. The van der Waals surface area contributed by atoms with E-state index < -0.39 is 9.84 Å². The van der Waals surface area contributed by atoms with Crippen molar-refractivity contribution < 1.29 is 13.2 Å². The van der Waals surface area contributed by atoms with Crippen LogP contribution in [0.4, 0.5) is 5.13 Å². The maximum absolute atomic E-state index is 13.3. The molecule has 0 aliphatic heterocycles. The highest BCUT2D eigenvalue weighted by Gasteiger charge is 2.22. The summed E-state index contributed by atoms with van der Waals surface area (Å²) in [7, 11) is -3.31. The molecule has 0 spiro atoms. The van der Waals surface area contributed by atoms with Gasteiger partial charge in [0.15, 0.2) is 15.0 Å². The number of anilines is 1. The number of nitrogens with zero attached hydrogens (tertiary/aromatic N) is 3. The Morgan fingerprint density at radius 2 is 1.79 bits per heavy atom. The Labute approximate surface area is 204 Å². The molecule has 0 saturated heterocycles. The van der Waals surface area contributed by atoms with Gasteiger partial charge in [-0.15, -0.1) is 0 Å². The summed E-state index contributed by atoms with van der Waals surface area (Å²) in [5.74, 6) is -0.215. The van der Waals surface area contributed by atoms with Crippen molar-refractivity contribution in [2.75, 3.05) is 10.7 Å². The van der Waals surface area contributed by atoms with Gasteiger partial charge in [0, 0.05) is 12.6 Å². The van der Waals surface area contributed by atoms with Gasteiger partial charge in [0.1, 0.15) is 0 Å². The Morgan fingerprint density at radius 1 is 1.03 bits per heavy atom. The van der Waals surface area contributed by atoms with Gasteiger partial charge in [0.05, 0.1) is 34.0 Å². The lowest BCUT2D eigenvalue weighted by Gasteiger charge is -2.19. The van der Waals surface area contributed by atoms with Crippen LogP contribution in [0.25, 0.3) is 10.2 Å². The predicted octanol–water partition coefficient (Wildman–Crippen LogP) is 5.24. The SMILES string of the molecule is Cc1cc(C)c2sc(N(Cc3ccccn3)C(=O)CCCS(=O)(=O)Cc3ccccc3)nc2c1. The highest BCUT2D eigenvalue weighted by Crippen LogP contribution is 2.33. The van der Waals surface area contributed by atoms with Crippen LogP contribution in [-0.4, -0.2) is 30.0 Å². The summed E-state index contributed by atoms with van der Waals surface area (Å²) >= 11 is 1.48. The number of thiazole rings is 1. The van der Waals surface area contributed by atoms with Crippen LogP contribution in [0.3, 0.4) is 0 Å². The third-order valence-corrected chi connectivity index (χ3v) is 8.38. The Balaban J connectivity index is 1.51. The summed E-state index contributed by atoms with van der Waals surface area (Å²) in [5.41, 5.74) is 4.61. The summed E-state index contributed by atoms with van der Waals surface area (Å²) in [6, 6.07) is 18.8. The summed E-state index contributed by atoms with van der Waals surface area (Å²) in [4.78, 5) is 24.0. The zero-order valence-corrected chi connectivity index (χ0v) is 20.9. The molecule has 0 unspecified atom stereocenters. The lowest BCUT2D eigenvalue weighted by atomic mass is 10.1. The van der Waals surface area contributed by atoms with Gasteiger partial charge < -0.3 is 0 Å². The maximum atomic E-state index is 13.3. The van der Waals surface area contributed by atoms with Crippen LogP contribution in [-0.2, 0) is 26.9 Å². The quantitative estimate of drug-likeness (QED) is 0.319. The highest BCUT2D eigenvalue weighted by atomic mass is 32.2. The molecule has 0 N–H and O–H groups in total. The lowest BCUT2D eigenvalue weighted by molar-refractivity contribution is -0.118. The van der Waals surface area contributed by atoms with Gasteiger partial charge in [0.2, 0.25) is 5.91 Å². The van der Waals surface area contributed by atoms with Crippen LogP contribution in [0, 0.1) is 13.8 Å². The Morgan fingerprint density at radius 3 is 2.53 bits per heavy atom. The lowest BCUT2D eigenvalue weighted by Crippen LogP contribution is -2.31. The maximum Gasteiger partial charge on any atom is 0.229 e. The van der Waals surface area contributed by atoms with Crippen LogP contribution >= 0.6 is 11.3 Å². The van der Waals surface area contributed by atoms with E-state index in [-0.39, 0.29) is 36.8 Å². The molecule has 4 aromatic rings. The van der Waals surface area contributed by atoms with E-state index in [4.69, 9.17) is 4.98 Å². The third kappa shape index (κ3) is 6.07. The predicted molar refractivity (Wildman–Crippen MR) is 138 cm³/mol. The molecule has 34 heavy (non-hydrogen) atoms. The molecule has 0 radical (unpaired) electrons. The van der Waals surface area contributed by atoms with Gasteiger partial charge in [-0.1, -0.05) is 53.8 Å².